The van der Waals surface area contributed by atoms with E-state index in [2.05, 4.69) is 42.5 Å². The molecule has 10 rings (SSSR count). The lowest BCUT2D eigenvalue weighted by atomic mass is 9.86. The number of hydrogen-bond acceptors (Lipinski definition) is 7. The van der Waals surface area contributed by atoms with Crippen LogP contribution in [0.5, 0.6) is 0 Å². The minimum absolute atomic E-state index is 0.554. The molecule has 2 aromatic heterocycles. The van der Waals surface area contributed by atoms with Crippen molar-refractivity contribution in [2.24, 2.45) is 0 Å². The number of rotatable bonds is 9. The molecule has 0 saturated heterocycles. The standard InChI is InChI=1S/C55H35N7/c56-36-37-32-33-44(42-26-17-27-43(35-42)54-59-50(38-18-5-1-6-19-38)57-51(60-54)39-20-7-2-8-21-39)49(34-37)47-30-14-13-28-45(47)46-29-15-16-31-48(46)55-61-52(40-22-9-3-10-23-40)58-53(62-55)41-24-11-4-12-25-41/h1-35H. The molecular formula is C55H35N7. The molecule has 0 unspecified atom stereocenters. The molecule has 0 atom stereocenters. The summed E-state index contributed by atoms with van der Waals surface area (Å²) in [7, 11) is 0. The zero-order valence-corrected chi connectivity index (χ0v) is 33.3. The fourth-order valence-corrected chi connectivity index (χ4v) is 7.65. The minimum atomic E-state index is 0.554. The fourth-order valence-electron chi connectivity index (χ4n) is 7.65. The summed E-state index contributed by atoms with van der Waals surface area (Å²) >= 11 is 0. The number of aromatic nitrogens is 6. The van der Waals surface area contributed by atoms with Gasteiger partial charge in [0, 0.05) is 33.4 Å². The normalized spacial score (nSPS) is 10.9. The lowest BCUT2D eigenvalue weighted by Crippen LogP contribution is -2.01. The van der Waals surface area contributed by atoms with Crippen LogP contribution in [0.25, 0.3) is 102 Å². The van der Waals surface area contributed by atoms with Crippen molar-refractivity contribution in [2.75, 3.05) is 0 Å². The van der Waals surface area contributed by atoms with E-state index >= 15 is 0 Å². The second-order valence-corrected chi connectivity index (χ2v) is 14.6. The Labute approximate surface area is 359 Å². The molecule has 0 fully saturated rings. The highest BCUT2D eigenvalue weighted by molar-refractivity contribution is 5.96. The highest BCUT2D eigenvalue weighted by Crippen LogP contribution is 2.42. The zero-order valence-electron chi connectivity index (χ0n) is 33.3. The third kappa shape index (κ3) is 7.63. The lowest BCUT2D eigenvalue weighted by Gasteiger charge is -2.18. The van der Waals surface area contributed by atoms with Crippen LogP contribution in [0.4, 0.5) is 0 Å². The molecule has 0 aliphatic carbocycles. The van der Waals surface area contributed by atoms with Crippen LogP contribution in [-0.2, 0) is 0 Å². The van der Waals surface area contributed by atoms with Crippen LogP contribution in [0.15, 0.2) is 212 Å². The maximum Gasteiger partial charge on any atom is 0.164 e. The molecule has 7 nitrogen and oxygen atoms in total. The highest BCUT2D eigenvalue weighted by atomic mass is 15.0. The van der Waals surface area contributed by atoms with Gasteiger partial charge in [-0.25, -0.2) is 29.9 Å². The van der Waals surface area contributed by atoms with Gasteiger partial charge in [0.25, 0.3) is 0 Å². The van der Waals surface area contributed by atoms with E-state index in [4.69, 9.17) is 29.9 Å². The first-order valence-corrected chi connectivity index (χ1v) is 20.3. The molecule has 0 radical (unpaired) electrons. The smallest absolute Gasteiger partial charge is 0.164 e. The Bertz CT molecular complexity index is 3120. The Morgan fingerprint density at radius 1 is 0.242 bits per heavy atom. The van der Waals surface area contributed by atoms with Crippen molar-refractivity contribution in [3.63, 3.8) is 0 Å². The lowest BCUT2D eigenvalue weighted by molar-refractivity contribution is 1.07. The van der Waals surface area contributed by atoms with Gasteiger partial charge < -0.3 is 0 Å². The average molecular weight is 794 g/mol. The summed E-state index contributed by atoms with van der Waals surface area (Å²) in [5, 5.41) is 10.2. The van der Waals surface area contributed by atoms with E-state index in [1.807, 2.05) is 176 Å². The Hall–Kier alpha value is -8.73. The van der Waals surface area contributed by atoms with Crippen LogP contribution < -0.4 is 0 Å². The number of hydrogen-bond donors (Lipinski definition) is 0. The summed E-state index contributed by atoms with van der Waals surface area (Å²) < 4.78 is 0. The maximum absolute atomic E-state index is 10.2. The maximum atomic E-state index is 10.2. The molecule has 0 spiro atoms. The first kappa shape index (κ1) is 37.5. The van der Waals surface area contributed by atoms with Crippen LogP contribution in [0.2, 0.25) is 0 Å². The Morgan fingerprint density at radius 2 is 0.581 bits per heavy atom. The van der Waals surface area contributed by atoms with Gasteiger partial charge in [0.05, 0.1) is 11.6 Å². The van der Waals surface area contributed by atoms with Crippen LogP contribution in [-0.4, -0.2) is 29.9 Å². The molecule has 290 valence electrons. The van der Waals surface area contributed by atoms with E-state index in [1.54, 1.807) is 0 Å². The van der Waals surface area contributed by atoms with Crippen LogP contribution in [0, 0.1) is 11.3 Å². The summed E-state index contributed by atoms with van der Waals surface area (Å²) in [5.41, 5.74) is 11.5. The van der Waals surface area contributed by atoms with E-state index < -0.39 is 0 Å². The molecule has 0 bridgehead atoms. The predicted octanol–water partition coefficient (Wildman–Crippen LogP) is 12.9. The molecule has 8 aromatic carbocycles. The molecule has 0 aliphatic rings. The second kappa shape index (κ2) is 16.9. The topological polar surface area (TPSA) is 101 Å². The van der Waals surface area contributed by atoms with Crippen LogP contribution in [0.3, 0.4) is 0 Å². The van der Waals surface area contributed by atoms with Gasteiger partial charge in [-0.05, 0) is 51.6 Å². The third-order valence-electron chi connectivity index (χ3n) is 10.7. The highest BCUT2D eigenvalue weighted by Gasteiger charge is 2.20. The van der Waals surface area contributed by atoms with E-state index in [0.717, 1.165) is 66.8 Å². The molecule has 0 amide bonds. The van der Waals surface area contributed by atoms with Crippen molar-refractivity contribution in [3.05, 3.63) is 218 Å². The van der Waals surface area contributed by atoms with Crippen molar-refractivity contribution in [3.8, 4) is 108 Å². The second-order valence-electron chi connectivity index (χ2n) is 14.6. The van der Waals surface area contributed by atoms with Crippen LogP contribution in [0.1, 0.15) is 5.56 Å². The molecule has 0 saturated carbocycles. The number of nitrogens with zero attached hydrogens (tertiary/aromatic N) is 7. The summed E-state index contributed by atoms with van der Waals surface area (Å²) in [4.78, 5) is 30.0. The van der Waals surface area contributed by atoms with Crippen molar-refractivity contribution in [1.29, 1.82) is 5.26 Å². The largest absolute Gasteiger partial charge is 0.208 e. The molecule has 2 heterocycles. The van der Waals surface area contributed by atoms with Gasteiger partial charge in [0.15, 0.2) is 34.9 Å². The Morgan fingerprint density at radius 3 is 1.03 bits per heavy atom. The van der Waals surface area contributed by atoms with E-state index in [9.17, 15) is 5.26 Å². The van der Waals surface area contributed by atoms with Gasteiger partial charge in [-0.1, -0.05) is 194 Å². The summed E-state index contributed by atoms with van der Waals surface area (Å²) in [6.45, 7) is 0. The van der Waals surface area contributed by atoms with Gasteiger partial charge in [0.1, 0.15) is 0 Å². The molecule has 10 aromatic rings. The van der Waals surface area contributed by atoms with Crippen LogP contribution >= 0.6 is 0 Å². The molecule has 7 heteroatoms. The van der Waals surface area contributed by atoms with Crippen molar-refractivity contribution in [1.82, 2.24) is 29.9 Å². The predicted molar refractivity (Wildman–Crippen MR) is 247 cm³/mol. The molecular weight excluding hydrogens is 759 g/mol. The number of benzene rings is 8. The van der Waals surface area contributed by atoms with Crippen molar-refractivity contribution < 1.29 is 0 Å². The van der Waals surface area contributed by atoms with Crippen molar-refractivity contribution in [2.45, 2.75) is 0 Å². The van der Waals surface area contributed by atoms with E-state index in [-0.39, 0.29) is 0 Å². The number of nitriles is 1. The van der Waals surface area contributed by atoms with Gasteiger partial charge in [-0.3, -0.25) is 0 Å². The molecule has 0 N–H and O–H groups in total. The quantitative estimate of drug-likeness (QED) is 0.143. The monoisotopic (exact) mass is 793 g/mol. The summed E-state index contributed by atoms with van der Waals surface area (Å²) in [6, 6.07) is 72.9. The van der Waals surface area contributed by atoms with Gasteiger partial charge >= 0.3 is 0 Å². The van der Waals surface area contributed by atoms with Gasteiger partial charge in [0.2, 0.25) is 0 Å². The van der Waals surface area contributed by atoms with Crippen molar-refractivity contribution >= 4 is 0 Å². The van der Waals surface area contributed by atoms with E-state index in [0.29, 0.717) is 40.5 Å². The zero-order chi connectivity index (χ0) is 41.7. The minimum Gasteiger partial charge on any atom is -0.208 e. The third-order valence-corrected chi connectivity index (χ3v) is 10.7. The van der Waals surface area contributed by atoms with Gasteiger partial charge in [-0.15, -0.1) is 0 Å². The Balaban J connectivity index is 1.12. The SMILES string of the molecule is N#Cc1ccc(-c2cccc(-c3nc(-c4ccccc4)nc(-c4ccccc4)n3)c2)c(-c2ccccc2-c2ccccc2-c2nc(-c3ccccc3)nc(-c3ccccc3)n2)c1. The fraction of sp³-hybridized carbons (Fsp3) is 0. The average Bonchev–Trinajstić information content (AvgIpc) is 3.37. The first-order chi connectivity index (χ1) is 30.7. The first-order valence-electron chi connectivity index (χ1n) is 20.3. The van der Waals surface area contributed by atoms with Gasteiger partial charge in [-0.2, -0.15) is 5.26 Å². The summed E-state index contributed by atoms with van der Waals surface area (Å²) in [5.74, 6) is 3.49. The molecule has 0 aliphatic heterocycles. The molecule has 62 heavy (non-hydrogen) atoms. The van der Waals surface area contributed by atoms with E-state index in [1.165, 1.54) is 0 Å². The summed E-state index contributed by atoms with van der Waals surface area (Å²) in [6.07, 6.45) is 0. The Kier molecular flexibility index (Phi) is 10.2.